The molecule has 12 heteroatoms. The van der Waals surface area contributed by atoms with Crippen LogP contribution in [-0.2, 0) is 16.1 Å². The first-order valence-corrected chi connectivity index (χ1v) is 19.6. The number of rotatable bonds is 9. The molecule has 0 saturated heterocycles. The molecule has 0 amide bonds. The molecule has 1 aromatic heterocycles. The fourth-order valence-electron chi connectivity index (χ4n) is 5.31. The molecule has 0 saturated carbocycles. The van der Waals surface area contributed by atoms with Gasteiger partial charge in [0.05, 0.1) is 32.0 Å². The van der Waals surface area contributed by atoms with E-state index in [2.05, 4.69) is 45.2 Å². The van der Waals surface area contributed by atoms with Crippen LogP contribution >= 0.6 is 91.5 Å². The predicted octanol–water partition coefficient (Wildman–Crippen LogP) is 8.75. The number of benzene rings is 4. The average Bonchev–Trinajstić information content (AvgIpc) is 3.38. The molecule has 0 N–H and O–H groups in total. The Morgan fingerprint density at radius 1 is 1.04 bits per heavy atom. The van der Waals surface area contributed by atoms with Crippen molar-refractivity contribution in [3.05, 3.63) is 150 Å². The van der Waals surface area contributed by atoms with Gasteiger partial charge in [-0.15, -0.1) is 11.8 Å². The molecule has 2 heterocycles. The van der Waals surface area contributed by atoms with E-state index >= 15 is 0 Å². The van der Waals surface area contributed by atoms with Crippen LogP contribution in [0.4, 0.5) is 0 Å². The fourth-order valence-corrected chi connectivity index (χ4v) is 9.22. The first-order chi connectivity index (χ1) is 23.2. The molecule has 48 heavy (non-hydrogen) atoms. The molecular weight excluding hydrogens is 913 g/mol. The van der Waals surface area contributed by atoms with E-state index in [-0.39, 0.29) is 18.8 Å². The highest BCUT2D eigenvalue weighted by molar-refractivity contribution is 14.1. The summed E-state index contributed by atoms with van der Waals surface area (Å²) in [5.74, 6) is 0.103. The molecule has 1 aliphatic rings. The van der Waals surface area contributed by atoms with Crippen LogP contribution in [0.25, 0.3) is 11.8 Å². The summed E-state index contributed by atoms with van der Waals surface area (Å²) in [5, 5.41) is 1.05. The van der Waals surface area contributed by atoms with Gasteiger partial charge < -0.3 is 9.47 Å². The van der Waals surface area contributed by atoms with Crippen molar-refractivity contribution in [3.63, 3.8) is 0 Å². The quantitative estimate of drug-likeness (QED) is 0.0841. The van der Waals surface area contributed by atoms with Gasteiger partial charge in [0.15, 0.2) is 4.80 Å². The first-order valence-electron chi connectivity index (χ1n) is 14.7. The van der Waals surface area contributed by atoms with Crippen LogP contribution in [0.1, 0.15) is 35.2 Å². The Balaban J connectivity index is 1.55. The molecular formula is C36H26Cl2I2N2O4S2. The Hall–Kier alpha value is -2.62. The van der Waals surface area contributed by atoms with Crippen LogP contribution in [0.5, 0.6) is 5.75 Å². The van der Waals surface area contributed by atoms with E-state index in [1.54, 1.807) is 35.4 Å². The topological polar surface area (TPSA) is 69.9 Å². The largest absolute Gasteiger partial charge is 0.487 e. The maximum Gasteiger partial charge on any atom is 0.338 e. The average molecular weight is 939 g/mol. The highest BCUT2D eigenvalue weighted by Gasteiger charge is 2.35. The van der Waals surface area contributed by atoms with E-state index in [1.807, 2.05) is 85.1 Å². The maximum absolute atomic E-state index is 14.5. The minimum absolute atomic E-state index is 0.183. The number of hydrogen-bond donors (Lipinski definition) is 0. The van der Waals surface area contributed by atoms with E-state index in [0.717, 1.165) is 34.3 Å². The monoisotopic (exact) mass is 938 g/mol. The zero-order valence-electron chi connectivity index (χ0n) is 25.5. The minimum Gasteiger partial charge on any atom is -0.487 e. The maximum atomic E-state index is 14.5. The SMILES string of the molecule is CCOC(=O)C1=C(c2ccccc2)N=c2s/c(=C\c3cc(I)cc(I)c3OCc3ccc(Cl)cc3Cl)c(=O)n2[C@H]1c1ccc(SC)cc1. The standard InChI is InChI=1S/C36H26Cl2I2N2O4S2/c1-3-45-35(44)30-31(20-7-5-4-6-8-20)41-36-42(32(30)21-10-13-26(47-2)14-11-21)34(43)29(48-36)16-23-15-25(39)18-28(40)33(23)46-19-22-9-12-24(37)17-27(22)38/h4-18,32H,3,19H2,1-2H3/b29-16-/t32-/m0/s1. The van der Waals surface area contributed by atoms with Gasteiger partial charge in [-0.1, -0.05) is 83.1 Å². The van der Waals surface area contributed by atoms with Crippen molar-refractivity contribution in [3.8, 4) is 5.75 Å². The normalized spacial score (nSPS) is 14.5. The Bertz CT molecular complexity index is 2240. The summed E-state index contributed by atoms with van der Waals surface area (Å²) < 4.78 is 15.8. The third-order valence-corrected chi connectivity index (χ3v) is 11.3. The summed E-state index contributed by atoms with van der Waals surface area (Å²) in [4.78, 5) is 34.7. The Kier molecular flexibility index (Phi) is 11.4. The number of thiazole rings is 1. The van der Waals surface area contributed by atoms with Crippen LogP contribution in [0.2, 0.25) is 10.0 Å². The Morgan fingerprint density at radius 2 is 1.79 bits per heavy atom. The zero-order valence-corrected chi connectivity index (χ0v) is 33.0. The number of carbonyl (C=O) groups is 1. The highest BCUT2D eigenvalue weighted by atomic mass is 127. The lowest BCUT2D eigenvalue weighted by Gasteiger charge is -2.26. The van der Waals surface area contributed by atoms with Crippen LogP contribution in [0.3, 0.4) is 0 Å². The minimum atomic E-state index is -0.757. The van der Waals surface area contributed by atoms with E-state index in [0.29, 0.717) is 36.4 Å². The Labute approximate surface area is 322 Å². The van der Waals surface area contributed by atoms with Crippen molar-refractivity contribution >= 4 is 109 Å². The molecule has 4 aromatic carbocycles. The lowest BCUT2D eigenvalue weighted by atomic mass is 9.93. The van der Waals surface area contributed by atoms with Crippen molar-refractivity contribution in [2.45, 2.75) is 24.5 Å². The third-order valence-electron chi connectivity index (χ3n) is 7.52. The number of hydrogen-bond acceptors (Lipinski definition) is 7. The van der Waals surface area contributed by atoms with E-state index < -0.39 is 12.0 Å². The van der Waals surface area contributed by atoms with Crippen molar-refractivity contribution in [1.82, 2.24) is 4.57 Å². The summed E-state index contributed by atoms with van der Waals surface area (Å²) >= 11 is 19.9. The fraction of sp³-hybridized carbons (Fsp3) is 0.139. The van der Waals surface area contributed by atoms with Gasteiger partial charge in [0.1, 0.15) is 12.4 Å². The second-order valence-electron chi connectivity index (χ2n) is 10.5. The number of thioether (sulfide) groups is 1. The lowest BCUT2D eigenvalue weighted by molar-refractivity contribution is -0.138. The number of esters is 1. The van der Waals surface area contributed by atoms with Crippen LogP contribution in [0.15, 0.2) is 105 Å². The molecule has 0 radical (unpaired) electrons. The third kappa shape index (κ3) is 7.43. The van der Waals surface area contributed by atoms with Crippen molar-refractivity contribution < 1.29 is 14.3 Å². The molecule has 1 atom stereocenters. The van der Waals surface area contributed by atoms with Crippen LogP contribution < -0.4 is 19.6 Å². The molecule has 0 fully saturated rings. The number of carbonyl (C=O) groups excluding carboxylic acids is 1. The molecule has 6 nitrogen and oxygen atoms in total. The second-order valence-corrected chi connectivity index (χ2v) is 15.7. The van der Waals surface area contributed by atoms with E-state index in [9.17, 15) is 9.59 Å². The van der Waals surface area contributed by atoms with Gasteiger partial charge in [-0.05, 0) is 106 Å². The summed E-state index contributed by atoms with van der Waals surface area (Å²) in [5.41, 5.74) is 3.57. The lowest BCUT2D eigenvalue weighted by Crippen LogP contribution is -2.40. The van der Waals surface area contributed by atoms with Gasteiger partial charge in [0.25, 0.3) is 5.56 Å². The second kappa shape index (κ2) is 15.5. The molecule has 5 aromatic rings. The van der Waals surface area contributed by atoms with Crippen molar-refractivity contribution in [1.29, 1.82) is 0 Å². The van der Waals surface area contributed by atoms with Crippen molar-refractivity contribution in [2.75, 3.05) is 12.9 Å². The molecule has 0 unspecified atom stereocenters. The van der Waals surface area contributed by atoms with Gasteiger partial charge in [0, 0.05) is 35.2 Å². The van der Waals surface area contributed by atoms with Gasteiger partial charge in [-0.3, -0.25) is 9.36 Å². The van der Waals surface area contributed by atoms with E-state index in [1.165, 1.54) is 11.3 Å². The molecule has 0 spiro atoms. The summed E-state index contributed by atoms with van der Waals surface area (Å²) in [6.45, 7) is 2.16. The summed E-state index contributed by atoms with van der Waals surface area (Å²) in [6, 6.07) is 25.9. The van der Waals surface area contributed by atoms with Gasteiger partial charge in [0.2, 0.25) is 0 Å². The molecule has 1 aliphatic heterocycles. The first kappa shape index (κ1) is 35.2. The molecule has 0 aliphatic carbocycles. The summed E-state index contributed by atoms with van der Waals surface area (Å²) in [7, 11) is 0. The predicted molar refractivity (Wildman–Crippen MR) is 212 cm³/mol. The Morgan fingerprint density at radius 3 is 2.48 bits per heavy atom. The summed E-state index contributed by atoms with van der Waals surface area (Å²) in [6.07, 6.45) is 3.83. The smallest absolute Gasteiger partial charge is 0.338 e. The van der Waals surface area contributed by atoms with Crippen LogP contribution in [0, 0.1) is 7.14 Å². The number of halogens is 4. The number of nitrogens with zero attached hydrogens (tertiary/aromatic N) is 2. The van der Waals surface area contributed by atoms with Crippen LogP contribution in [-0.4, -0.2) is 23.4 Å². The number of ether oxygens (including phenoxy) is 2. The highest BCUT2D eigenvalue weighted by Crippen LogP contribution is 2.36. The number of aromatic nitrogens is 1. The molecule has 6 rings (SSSR count). The zero-order chi connectivity index (χ0) is 33.9. The van der Waals surface area contributed by atoms with Gasteiger partial charge >= 0.3 is 5.97 Å². The molecule has 0 bridgehead atoms. The van der Waals surface area contributed by atoms with Gasteiger partial charge in [-0.25, -0.2) is 9.79 Å². The van der Waals surface area contributed by atoms with E-state index in [4.69, 9.17) is 37.7 Å². The molecule has 244 valence electrons. The van der Waals surface area contributed by atoms with Crippen molar-refractivity contribution in [2.24, 2.45) is 4.99 Å². The number of fused-ring (bicyclic) bond motifs is 1. The van der Waals surface area contributed by atoms with Gasteiger partial charge in [-0.2, -0.15) is 0 Å².